The van der Waals surface area contributed by atoms with E-state index < -0.39 is 6.36 Å². The second-order valence-corrected chi connectivity index (χ2v) is 4.02. The standard InChI is InChI=1S/C13H6ClF3N2O/c14-10-7-11(19-18-8-10)4-1-9-2-5-12(6-3-9)20-13(15,16)17/h2-3,5-8H. The van der Waals surface area contributed by atoms with Crippen molar-refractivity contribution < 1.29 is 17.9 Å². The van der Waals surface area contributed by atoms with Crippen LogP contribution in [0.2, 0.25) is 5.02 Å². The Hall–Kier alpha value is -2.26. The second kappa shape index (κ2) is 5.80. The van der Waals surface area contributed by atoms with E-state index in [2.05, 4.69) is 26.8 Å². The summed E-state index contributed by atoms with van der Waals surface area (Å²) in [5, 5.41) is 7.76. The molecule has 1 aromatic heterocycles. The zero-order chi connectivity index (χ0) is 14.6. The molecule has 0 spiro atoms. The molecule has 0 aliphatic rings. The number of rotatable bonds is 1. The van der Waals surface area contributed by atoms with Crippen LogP contribution in [0.25, 0.3) is 0 Å². The molecule has 20 heavy (non-hydrogen) atoms. The van der Waals surface area contributed by atoms with E-state index in [9.17, 15) is 13.2 Å². The third-order valence-corrected chi connectivity index (χ3v) is 2.25. The Morgan fingerprint density at radius 3 is 2.40 bits per heavy atom. The first kappa shape index (κ1) is 14.2. The van der Waals surface area contributed by atoms with Gasteiger partial charge in [-0.05, 0) is 36.3 Å². The monoisotopic (exact) mass is 298 g/mol. The topological polar surface area (TPSA) is 35.0 Å². The maximum atomic E-state index is 12.0. The van der Waals surface area contributed by atoms with Crippen LogP contribution in [0.3, 0.4) is 0 Å². The van der Waals surface area contributed by atoms with Crippen LogP contribution < -0.4 is 4.74 Å². The van der Waals surface area contributed by atoms with Crippen LogP contribution in [0.5, 0.6) is 5.75 Å². The van der Waals surface area contributed by atoms with E-state index in [-0.39, 0.29) is 5.75 Å². The Morgan fingerprint density at radius 2 is 1.80 bits per heavy atom. The maximum absolute atomic E-state index is 12.0. The normalized spacial score (nSPS) is 10.6. The van der Waals surface area contributed by atoms with E-state index in [0.29, 0.717) is 16.3 Å². The van der Waals surface area contributed by atoms with Gasteiger partial charge in [-0.25, -0.2) is 0 Å². The molecule has 0 bridgehead atoms. The highest BCUT2D eigenvalue weighted by atomic mass is 35.5. The number of alkyl halides is 3. The highest BCUT2D eigenvalue weighted by molar-refractivity contribution is 6.30. The third kappa shape index (κ3) is 4.44. The van der Waals surface area contributed by atoms with Crippen LogP contribution in [0.1, 0.15) is 11.3 Å². The summed E-state index contributed by atoms with van der Waals surface area (Å²) in [6.45, 7) is 0. The summed E-state index contributed by atoms with van der Waals surface area (Å²) in [5.74, 6) is 5.13. The van der Waals surface area contributed by atoms with Crippen molar-refractivity contribution >= 4 is 11.6 Å². The highest BCUT2D eigenvalue weighted by Gasteiger charge is 2.30. The van der Waals surface area contributed by atoms with Gasteiger partial charge in [0.15, 0.2) is 0 Å². The van der Waals surface area contributed by atoms with Gasteiger partial charge in [0, 0.05) is 5.56 Å². The fourth-order valence-electron chi connectivity index (χ4n) is 1.28. The van der Waals surface area contributed by atoms with E-state index in [1.165, 1.54) is 36.5 Å². The van der Waals surface area contributed by atoms with Gasteiger partial charge in [0.2, 0.25) is 0 Å². The Labute approximate surface area is 117 Å². The van der Waals surface area contributed by atoms with Crippen molar-refractivity contribution in [3.8, 4) is 17.6 Å². The number of nitrogens with zero attached hydrogens (tertiary/aromatic N) is 2. The quantitative estimate of drug-likeness (QED) is 0.757. The van der Waals surface area contributed by atoms with E-state index in [0.717, 1.165) is 0 Å². The van der Waals surface area contributed by atoms with E-state index in [1.807, 2.05) is 0 Å². The first-order valence-electron chi connectivity index (χ1n) is 5.28. The van der Waals surface area contributed by atoms with Crippen LogP contribution in [0.15, 0.2) is 36.5 Å². The predicted octanol–water partition coefficient (Wildman–Crippen LogP) is 3.43. The van der Waals surface area contributed by atoms with Gasteiger partial charge < -0.3 is 4.74 Å². The molecule has 7 heteroatoms. The molecule has 102 valence electrons. The van der Waals surface area contributed by atoms with Crippen molar-refractivity contribution in [3.63, 3.8) is 0 Å². The molecule has 2 rings (SSSR count). The minimum Gasteiger partial charge on any atom is -0.406 e. The molecular formula is C13H6ClF3N2O. The van der Waals surface area contributed by atoms with Crippen molar-refractivity contribution in [1.29, 1.82) is 0 Å². The van der Waals surface area contributed by atoms with Crippen LogP contribution in [-0.2, 0) is 0 Å². The Kier molecular flexibility index (Phi) is 4.11. The largest absolute Gasteiger partial charge is 0.573 e. The lowest BCUT2D eigenvalue weighted by Crippen LogP contribution is -2.16. The average molecular weight is 299 g/mol. The van der Waals surface area contributed by atoms with Crippen LogP contribution in [-0.4, -0.2) is 16.6 Å². The number of halogens is 4. The first-order chi connectivity index (χ1) is 9.42. The van der Waals surface area contributed by atoms with Crippen molar-refractivity contribution in [2.45, 2.75) is 6.36 Å². The lowest BCUT2D eigenvalue weighted by molar-refractivity contribution is -0.274. The van der Waals surface area contributed by atoms with Gasteiger partial charge in [0.05, 0.1) is 11.2 Å². The highest BCUT2D eigenvalue weighted by Crippen LogP contribution is 2.22. The van der Waals surface area contributed by atoms with Gasteiger partial charge in [-0.2, -0.15) is 5.10 Å². The van der Waals surface area contributed by atoms with E-state index in [1.54, 1.807) is 0 Å². The number of ether oxygens (including phenoxy) is 1. The van der Waals surface area contributed by atoms with Crippen LogP contribution in [0, 0.1) is 11.8 Å². The molecule has 0 radical (unpaired) electrons. The number of aromatic nitrogens is 2. The summed E-state index contributed by atoms with van der Waals surface area (Å²) >= 11 is 5.72. The van der Waals surface area contributed by atoms with Gasteiger partial charge in [-0.15, -0.1) is 18.3 Å². The number of hydrogen-bond acceptors (Lipinski definition) is 3. The third-order valence-electron chi connectivity index (χ3n) is 2.04. The molecule has 0 aliphatic heterocycles. The molecule has 1 aromatic carbocycles. The summed E-state index contributed by atoms with van der Waals surface area (Å²) in [7, 11) is 0. The minimum atomic E-state index is -4.70. The molecule has 0 saturated carbocycles. The smallest absolute Gasteiger partial charge is 0.406 e. The summed E-state index contributed by atoms with van der Waals surface area (Å²) in [6, 6.07) is 6.71. The molecule has 0 amide bonds. The van der Waals surface area contributed by atoms with Crippen molar-refractivity contribution in [1.82, 2.24) is 10.2 Å². The van der Waals surface area contributed by atoms with Gasteiger partial charge in [-0.1, -0.05) is 17.5 Å². The van der Waals surface area contributed by atoms with Gasteiger partial charge in [-0.3, -0.25) is 0 Å². The van der Waals surface area contributed by atoms with Crippen LogP contribution in [0.4, 0.5) is 13.2 Å². The summed E-state index contributed by atoms with van der Waals surface area (Å²) in [5.41, 5.74) is 0.884. The van der Waals surface area contributed by atoms with Crippen molar-refractivity contribution in [2.24, 2.45) is 0 Å². The molecule has 0 atom stereocenters. The van der Waals surface area contributed by atoms with Gasteiger partial charge in [0.25, 0.3) is 0 Å². The fourth-order valence-corrected chi connectivity index (χ4v) is 1.43. The lowest BCUT2D eigenvalue weighted by Gasteiger charge is -2.07. The SMILES string of the molecule is FC(F)(F)Oc1ccc(C#Cc2cc(Cl)cnn2)cc1. The predicted molar refractivity (Wildman–Crippen MR) is 66.1 cm³/mol. The Balaban J connectivity index is 2.12. The first-order valence-corrected chi connectivity index (χ1v) is 5.66. The molecular weight excluding hydrogens is 293 g/mol. The van der Waals surface area contributed by atoms with Crippen LogP contribution >= 0.6 is 11.6 Å². The lowest BCUT2D eigenvalue weighted by atomic mass is 10.2. The molecule has 2 aromatic rings. The zero-order valence-corrected chi connectivity index (χ0v) is 10.5. The second-order valence-electron chi connectivity index (χ2n) is 3.58. The molecule has 0 unspecified atom stereocenters. The summed E-state index contributed by atoms with van der Waals surface area (Å²) in [6.07, 6.45) is -3.33. The van der Waals surface area contributed by atoms with Gasteiger partial charge >= 0.3 is 6.36 Å². The number of benzene rings is 1. The number of hydrogen-bond donors (Lipinski definition) is 0. The Bertz CT molecular complexity index is 660. The molecule has 0 aliphatic carbocycles. The summed E-state index contributed by atoms with van der Waals surface area (Å²) < 4.78 is 39.7. The fraction of sp³-hybridized carbons (Fsp3) is 0.0769. The van der Waals surface area contributed by atoms with E-state index >= 15 is 0 Å². The molecule has 0 fully saturated rings. The summed E-state index contributed by atoms with van der Waals surface area (Å²) in [4.78, 5) is 0. The molecule has 0 saturated heterocycles. The Morgan fingerprint density at radius 1 is 1.10 bits per heavy atom. The van der Waals surface area contributed by atoms with Crippen molar-refractivity contribution in [3.05, 3.63) is 52.8 Å². The van der Waals surface area contributed by atoms with Gasteiger partial charge in [0.1, 0.15) is 11.4 Å². The molecule has 3 nitrogen and oxygen atoms in total. The molecule has 0 N–H and O–H groups in total. The van der Waals surface area contributed by atoms with Crippen molar-refractivity contribution in [2.75, 3.05) is 0 Å². The average Bonchev–Trinajstić information content (AvgIpc) is 2.36. The minimum absolute atomic E-state index is 0.300. The maximum Gasteiger partial charge on any atom is 0.573 e. The zero-order valence-electron chi connectivity index (χ0n) is 9.78. The van der Waals surface area contributed by atoms with E-state index in [4.69, 9.17) is 11.6 Å². The molecule has 1 heterocycles.